The molecule has 0 unspecified atom stereocenters. The van der Waals surface area contributed by atoms with Crippen LogP contribution in [-0.2, 0) is 12.8 Å². The van der Waals surface area contributed by atoms with Crippen molar-refractivity contribution in [1.29, 1.82) is 0 Å². The van der Waals surface area contributed by atoms with Gasteiger partial charge in [-0.1, -0.05) is 59.6 Å². The minimum Gasteiger partial charge on any atom is -0.411 e. The molecule has 1 aliphatic heterocycles. The molecule has 1 saturated heterocycles. The Bertz CT molecular complexity index is 767. The average molecular weight is 413 g/mol. The molecule has 2 aromatic rings. The molecule has 0 spiro atoms. The molecular weight excluding hydrogens is 380 g/mol. The van der Waals surface area contributed by atoms with E-state index in [2.05, 4.69) is 34.3 Å². The number of hydrogen-bond acceptors (Lipinski definition) is 3. The average Bonchev–Trinajstić information content (AvgIpc) is 2.76. The number of hydrogen-bond donors (Lipinski definition) is 1. The Hall–Kier alpha value is -1.84. The molecular formula is C25H33ClN2O. The molecule has 0 amide bonds. The van der Waals surface area contributed by atoms with E-state index in [1.165, 1.54) is 62.9 Å². The Balaban J connectivity index is 1.43. The fourth-order valence-electron chi connectivity index (χ4n) is 4.22. The number of benzene rings is 2. The van der Waals surface area contributed by atoms with E-state index in [4.69, 9.17) is 11.6 Å². The van der Waals surface area contributed by atoms with Gasteiger partial charge in [-0.2, -0.15) is 0 Å². The number of aryl methyl sites for hydroxylation is 2. The third-order valence-electron chi connectivity index (χ3n) is 5.90. The molecule has 156 valence electrons. The first-order valence-electron chi connectivity index (χ1n) is 11.0. The first kappa shape index (κ1) is 21.9. The maximum Gasteiger partial charge on any atom is 0.0867 e. The van der Waals surface area contributed by atoms with Crippen LogP contribution in [0.4, 0.5) is 0 Å². The van der Waals surface area contributed by atoms with Gasteiger partial charge in [0.2, 0.25) is 0 Å². The summed E-state index contributed by atoms with van der Waals surface area (Å²) in [7, 11) is 0. The molecule has 0 radical (unpaired) electrons. The van der Waals surface area contributed by atoms with Crippen molar-refractivity contribution >= 4 is 17.3 Å². The summed E-state index contributed by atoms with van der Waals surface area (Å²) in [6.45, 7) is 3.79. The largest absolute Gasteiger partial charge is 0.411 e. The number of oxime groups is 1. The highest BCUT2D eigenvalue weighted by Gasteiger charge is 2.10. The second-order valence-corrected chi connectivity index (χ2v) is 8.47. The summed E-state index contributed by atoms with van der Waals surface area (Å²) in [6.07, 6.45) is 10.5. The summed E-state index contributed by atoms with van der Waals surface area (Å²) in [5, 5.41) is 13.6. The van der Waals surface area contributed by atoms with Gasteiger partial charge in [-0.3, -0.25) is 0 Å². The molecule has 2 aromatic carbocycles. The van der Waals surface area contributed by atoms with E-state index < -0.39 is 0 Å². The summed E-state index contributed by atoms with van der Waals surface area (Å²) in [5.74, 6) is 0. The van der Waals surface area contributed by atoms with Crippen molar-refractivity contribution in [2.75, 3.05) is 19.6 Å². The van der Waals surface area contributed by atoms with Gasteiger partial charge in [-0.15, -0.1) is 0 Å². The van der Waals surface area contributed by atoms with Crippen LogP contribution in [0.1, 0.15) is 61.6 Å². The lowest BCUT2D eigenvalue weighted by Crippen LogP contribution is -2.30. The molecule has 0 saturated carbocycles. The summed E-state index contributed by atoms with van der Waals surface area (Å²) in [5.41, 5.74) is 4.64. The lowest BCUT2D eigenvalue weighted by molar-refractivity contribution is 0.226. The minimum absolute atomic E-state index is 0.697. The van der Waals surface area contributed by atoms with Crippen LogP contribution < -0.4 is 0 Å². The normalized spacial score (nSPS) is 15.6. The molecule has 0 aromatic heterocycles. The van der Waals surface area contributed by atoms with E-state index in [0.717, 1.165) is 37.0 Å². The molecule has 0 aliphatic carbocycles. The van der Waals surface area contributed by atoms with Crippen molar-refractivity contribution in [2.45, 2.75) is 57.8 Å². The molecule has 0 atom stereocenters. The molecule has 1 fully saturated rings. The Morgan fingerprint density at radius 1 is 0.862 bits per heavy atom. The zero-order valence-electron chi connectivity index (χ0n) is 17.3. The van der Waals surface area contributed by atoms with Gasteiger partial charge in [0, 0.05) is 5.02 Å². The standard InChI is InChI=1S/C25H33ClN2O/c26-24-16-14-23(15-17-24)25(27-29)13-5-4-11-21-9-2-3-10-22(21)12-8-20-28-18-6-1-7-19-28/h2-3,9-10,14-17,29H,1,4-8,11-13,18-20H2. The zero-order chi connectivity index (χ0) is 20.3. The highest BCUT2D eigenvalue weighted by Crippen LogP contribution is 2.18. The molecule has 4 heteroatoms. The quantitative estimate of drug-likeness (QED) is 0.213. The Kier molecular flexibility index (Phi) is 9.04. The van der Waals surface area contributed by atoms with Crippen LogP contribution in [0, 0.1) is 0 Å². The van der Waals surface area contributed by atoms with Crippen molar-refractivity contribution in [3.63, 3.8) is 0 Å². The van der Waals surface area contributed by atoms with Gasteiger partial charge < -0.3 is 10.1 Å². The predicted octanol–water partition coefficient (Wildman–Crippen LogP) is 6.35. The first-order valence-corrected chi connectivity index (χ1v) is 11.4. The maximum absolute atomic E-state index is 9.36. The van der Waals surface area contributed by atoms with Gasteiger partial charge in [-0.25, -0.2) is 0 Å². The summed E-state index contributed by atoms with van der Waals surface area (Å²) >= 11 is 5.94. The van der Waals surface area contributed by atoms with E-state index in [-0.39, 0.29) is 0 Å². The van der Waals surface area contributed by atoms with Crippen molar-refractivity contribution in [3.05, 3.63) is 70.2 Å². The summed E-state index contributed by atoms with van der Waals surface area (Å²) in [4.78, 5) is 2.62. The van der Waals surface area contributed by atoms with Crippen LogP contribution in [0.3, 0.4) is 0 Å². The molecule has 0 bridgehead atoms. The van der Waals surface area contributed by atoms with Gasteiger partial charge in [-0.05, 0) is 99.8 Å². The Morgan fingerprint density at radius 2 is 1.52 bits per heavy atom. The summed E-state index contributed by atoms with van der Waals surface area (Å²) < 4.78 is 0. The van der Waals surface area contributed by atoms with Gasteiger partial charge in [0.1, 0.15) is 0 Å². The lowest BCUT2D eigenvalue weighted by atomic mass is 9.96. The van der Waals surface area contributed by atoms with E-state index in [9.17, 15) is 5.21 Å². The van der Waals surface area contributed by atoms with Gasteiger partial charge >= 0.3 is 0 Å². The molecule has 1 heterocycles. The number of unbranched alkanes of at least 4 members (excludes halogenated alkanes) is 1. The van der Waals surface area contributed by atoms with E-state index in [0.29, 0.717) is 5.02 Å². The molecule has 29 heavy (non-hydrogen) atoms. The van der Waals surface area contributed by atoms with Crippen LogP contribution in [-0.4, -0.2) is 35.5 Å². The lowest BCUT2D eigenvalue weighted by Gasteiger charge is -2.26. The highest BCUT2D eigenvalue weighted by atomic mass is 35.5. The van der Waals surface area contributed by atoms with Crippen LogP contribution >= 0.6 is 11.6 Å². The second-order valence-electron chi connectivity index (χ2n) is 8.04. The fraction of sp³-hybridized carbons (Fsp3) is 0.480. The van der Waals surface area contributed by atoms with E-state index in [1.54, 1.807) is 0 Å². The van der Waals surface area contributed by atoms with Crippen LogP contribution in [0.25, 0.3) is 0 Å². The van der Waals surface area contributed by atoms with Crippen molar-refractivity contribution in [3.8, 4) is 0 Å². The SMILES string of the molecule is ON=C(CCCCc1ccccc1CCCN1CCCCC1)c1ccc(Cl)cc1. The Labute approximate surface area is 180 Å². The van der Waals surface area contributed by atoms with Gasteiger partial charge in [0.25, 0.3) is 0 Å². The smallest absolute Gasteiger partial charge is 0.0867 e. The van der Waals surface area contributed by atoms with Gasteiger partial charge in [0.15, 0.2) is 0 Å². The third kappa shape index (κ3) is 7.17. The minimum atomic E-state index is 0.697. The number of rotatable bonds is 10. The number of likely N-dealkylation sites (tertiary alicyclic amines) is 1. The molecule has 3 rings (SSSR count). The monoisotopic (exact) mass is 412 g/mol. The number of halogens is 1. The van der Waals surface area contributed by atoms with Crippen LogP contribution in [0.5, 0.6) is 0 Å². The predicted molar refractivity (Wildman–Crippen MR) is 122 cm³/mol. The molecule has 1 N–H and O–H groups in total. The number of piperidine rings is 1. The van der Waals surface area contributed by atoms with E-state index in [1.807, 2.05) is 24.3 Å². The first-order chi connectivity index (χ1) is 14.3. The number of nitrogens with zero attached hydrogens (tertiary/aromatic N) is 2. The molecule has 1 aliphatic rings. The topological polar surface area (TPSA) is 35.8 Å². The second kappa shape index (κ2) is 12.0. The van der Waals surface area contributed by atoms with Gasteiger partial charge in [0.05, 0.1) is 5.71 Å². The highest BCUT2D eigenvalue weighted by molar-refractivity contribution is 6.30. The zero-order valence-corrected chi connectivity index (χ0v) is 18.1. The van der Waals surface area contributed by atoms with Crippen LogP contribution in [0.2, 0.25) is 5.02 Å². The fourth-order valence-corrected chi connectivity index (χ4v) is 4.35. The summed E-state index contributed by atoms with van der Waals surface area (Å²) in [6, 6.07) is 16.4. The van der Waals surface area contributed by atoms with Crippen molar-refractivity contribution in [2.24, 2.45) is 5.16 Å². The maximum atomic E-state index is 9.36. The molecule has 3 nitrogen and oxygen atoms in total. The van der Waals surface area contributed by atoms with Crippen LogP contribution in [0.15, 0.2) is 53.7 Å². The Morgan fingerprint density at radius 3 is 2.17 bits per heavy atom. The van der Waals surface area contributed by atoms with E-state index >= 15 is 0 Å². The third-order valence-corrected chi connectivity index (χ3v) is 6.15. The van der Waals surface area contributed by atoms with Crippen molar-refractivity contribution < 1.29 is 5.21 Å². The van der Waals surface area contributed by atoms with Crippen molar-refractivity contribution in [1.82, 2.24) is 4.90 Å².